The summed E-state index contributed by atoms with van der Waals surface area (Å²) in [4.78, 5) is 25.2. The molecule has 0 aliphatic heterocycles. The van der Waals surface area contributed by atoms with E-state index in [0.717, 1.165) is 21.5 Å². The Balaban J connectivity index is 2.49. The lowest BCUT2D eigenvalue weighted by molar-refractivity contribution is -0.131. The molecule has 0 aliphatic carbocycles. The van der Waals surface area contributed by atoms with E-state index in [1.54, 1.807) is 13.1 Å². The number of halogens is 1. The van der Waals surface area contributed by atoms with Crippen LogP contribution < -0.4 is 5.32 Å². The molecule has 0 heterocycles. The molecule has 2 amide bonds. The molecule has 0 aliphatic rings. The maximum Gasteiger partial charge on any atom is 0.243 e. The second-order valence-electron chi connectivity index (χ2n) is 4.56. The molecule has 114 valence electrons. The zero-order chi connectivity index (χ0) is 15.8. The molecule has 1 N–H and O–H groups in total. The number of amides is 2. The molecule has 1 rings (SSSR count). The molecule has 0 saturated heterocycles. The summed E-state index contributed by atoms with van der Waals surface area (Å²) in [5, 5.41) is 2.81. The average molecular weight is 371 g/mol. The second kappa shape index (κ2) is 8.89. The van der Waals surface area contributed by atoms with Gasteiger partial charge in [0.25, 0.3) is 0 Å². The van der Waals surface area contributed by atoms with E-state index in [1.165, 1.54) is 16.7 Å². The SMILES string of the molecule is C=CCSCC(=O)N(C)CC(=O)Nc1ccc(Br)cc1C. The second-order valence-corrected chi connectivity index (χ2v) is 6.51. The van der Waals surface area contributed by atoms with Crippen LogP contribution in [0.25, 0.3) is 0 Å². The van der Waals surface area contributed by atoms with E-state index in [4.69, 9.17) is 0 Å². The topological polar surface area (TPSA) is 49.4 Å². The Labute approximate surface area is 138 Å². The molecule has 21 heavy (non-hydrogen) atoms. The smallest absolute Gasteiger partial charge is 0.243 e. The van der Waals surface area contributed by atoms with Crippen LogP contribution in [0.4, 0.5) is 5.69 Å². The van der Waals surface area contributed by atoms with Crippen LogP contribution in [0.1, 0.15) is 5.56 Å². The van der Waals surface area contributed by atoms with Crippen molar-refractivity contribution in [3.05, 3.63) is 40.9 Å². The Morgan fingerprint density at radius 1 is 1.48 bits per heavy atom. The Kier molecular flexibility index (Phi) is 7.53. The summed E-state index contributed by atoms with van der Waals surface area (Å²) in [5.41, 5.74) is 1.72. The molecule has 0 radical (unpaired) electrons. The van der Waals surface area contributed by atoms with Gasteiger partial charge in [0, 0.05) is 23.0 Å². The molecule has 0 bridgehead atoms. The number of nitrogens with one attached hydrogen (secondary N) is 1. The number of likely N-dealkylation sites (N-methyl/N-ethyl adjacent to an activating group) is 1. The maximum atomic E-state index is 12.0. The Morgan fingerprint density at radius 2 is 2.19 bits per heavy atom. The lowest BCUT2D eigenvalue weighted by Gasteiger charge is -2.17. The number of hydrogen-bond donors (Lipinski definition) is 1. The van der Waals surface area contributed by atoms with Crippen LogP contribution in [-0.2, 0) is 9.59 Å². The van der Waals surface area contributed by atoms with Gasteiger partial charge in [-0.2, -0.15) is 0 Å². The van der Waals surface area contributed by atoms with E-state index in [0.29, 0.717) is 5.75 Å². The Hall–Kier alpha value is -1.27. The molecular weight excluding hydrogens is 352 g/mol. The van der Waals surface area contributed by atoms with Crippen LogP contribution in [0.2, 0.25) is 0 Å². The van der Waals surface area contributed by atoms with Crippen LogP contribution in [0.3, 0.4) is 0 Å². The highest BCUT2D eigenvalue weighted by Crippen LogP contribution is 2.19. The standard InChI is InChI=1S/C15H19BrN2O2S/c1-4-7-21-10-15(20)18(3)9-14(19)17-13-6-5-12(16)8-11(13)2/h4-6,8H,1,7,9-10H2,2-3H3,(H,17,19). The van der Waals surface area contributed by atoms with Crippen molar-refractivity contribution in [2.45, 2.75) is 6.92 Å². The molecule has 6 heteroatoms. The minimum absolute atomic E-state index is 0.0446. The number of benzene rings is 1. The van der Waals surface area contributed by atoms with Gasteiger partial charge in [-0.15, -0.1) is 18.3 Å². The number of hydrogen-bond acceptors (Lipinski definition) is 3. The number of thioether (sulfide) groups is 1. The van der Waals surface area contributed by atoms with Crippen LogP contribution >= 0.6 is 27.7 Å². The van der Waals surface area contributed by atoms with Gasteiger partial charge < -0.3 is 10.2 Å². The van der Waals surface area contributed by atoms with Gasteiger partial charge in [0.2, 0.25) is 11.8 Å². The molecule has 4 nitrogen and oxygen atoms in total. The third kappa shape index (κ3) is 6.35. The highest BCUT2D eigenvalue weighted by atomic mass is 79.9. The van der Waals surface area contributed by atoms with Crippen molar-refractivity contribution in [1.29, 1.82) is 0 Å². The normalized spacial score (nSPS) is 10.0. The summed E-state index contributed by atoms with van der Waals surface area (Å²) >= 11 is 4.86. The monoisotopic (exact) mass is 370 g/mol. The third-order valence-corrected chi connectivity index (χ3v) is 4.15. The van der Waals surface area contributed by atoms with E-state index in [9.17, 15) is 9.59 Å². The lowest BCUT2D eigenvalue weighted by atomic mass is 10.2. The molecule has 0 fully saturated rings. The van der Waals surface area contributed by atoms with Gasteiger partial charge in [0.1, 0.15) is 0 Å². The highest BCUT2D eigenvalue weighted by Gasteiger charge is 2.13. The molecule has 0 saturated carbocycles. The van der Waals surface area contributed by atoms with Gasteiger partial charge in [0.15, 0.2) is 0 Å². The third-order valence-electron chi connectivity index (χ3n) is 2.73. The quantitative estimate of drug-likeness (QED) is 0.592. The fraction of sp³-hybridized carbons (Fsp3) is 0.333. The molecular formula is C15H19BrN2O2S. The molecule has 1 aromatic rings. The van der Waals surface area contributed by atoms with E-state index in [-0.39, 0.29) is 18.4 Å². The maximum absolute atomic E-state index is 12.0. The fourth-order valence-electron chi connectivity index (χ4n) is 1.60. The average Bonchev–Trinajstić information content (AvgIpc) is 2.42. The number of carbonyl (C=O) groups is 2. The van der Waals surface area contributed by atoms with Crippen molar-refractivity contribution in [2.75, 3.05) is 30.4 Å². The van der Waals surface area contributed by atoms with Crippen LogP contribution in [0, 0.1) is 6.92 Å². The predicted octanol–water partition coefficient (Wildman–Crippen LogP) is 3.07. The molecule has 0 unspecified atom stereocenters. The lowest BCUT2D eigenvalue weighted by Crippen LogP contribution is -2.36. The van der Waals surface area contributed by atoms with E-state index < -0.39 is 0 Å². The van der Waals surface area contributed by atoms with Crippen LogP contribution in [0.15, 0.2) is 35.3 Å². The van der Waals surface area contributed by atoms with Gasteiger partial charge in [-0.05, 0) is 30.7 Å². The highest BCUT2D eigenvalue weighted by molar-refractivity contribution is 9.10. The molecule has 0 spiro atoms. The van der Waals surface area contributed by atoms with Crippen LogP contribution in [0.5, 0.6) is 0 Å². The van der Waals surface area contributed by atoms with Crippen molar-refractivity contribution in [2.24, 2.45) is 0 Å². The van der Waals surface area contributed by atoms with Crippen molar-refractivity contribution in [3.8, 4) is 0 Å². The summed E-state index contributed by atoms with van der Waals surface area (Å²) in [5.74, 6) is 0.811. The Morgan fingerprint density at radius 3 is 2.81 bits per heavy atom. The predicted molar refractivity (Wildman–Crippen MR) is 92.7 cm³/mol. The summed E-state index contributed by atoms with van der Waals surface area (Å²) < 4.78 is 0.963. The number of nitrogens with zero attached hydrogens (tertiary/aromatic N) is 1. The molecule has 1 aromatic carbocycles. The van der Waals surface area contributed by atoms with Crippen molar-refractivity contribution < 1.29 is 9.59 Å². The summed E-state index contributed by atoms with van der Waals surface area (Å²) in [7, 11) is 1.63. The first-order valence-electron chi connectivity index (χ1n) is 6.42. The summed E-state index contributed by atoms with van der Waals surface area (Å²) in [6.07, 6.45) is 1.75. The Bertz CT molecular complexity index is 534. The van der Waals surface area contributed by atoms with E-state index >= 15 is 0 Å². The summed E-state index contributed by atoms with van der Waals surface area (Å²) in [6.45, 7) is 5.56. The molecule has 0 atom stereocenters. The van der Waals surface area contributed by atoms with E-state index in [2.05, 4.69) is 27.8 Å². The zero-order valence-electron chi connectivity index (χ0n) is 12.2. The number of carbonyl (C=O) groups excluding carboxylic acids is 2. The molecule has 0 aromatic heterocycles. The van der Waals surface area contributed by atoms with Gasteiger partial charge in [-0.1, -0.05) is 22.0 Å². The first kappa shape index (κ1) is 17.8. The minimum Gasteiger partial charge on any atom is -0.336 e. The number of aryl methyl sites for hydroxylation is 1. The largest absolute Gasteiger partial charge is 0.336 e. The first-order valence-corrected chi connectivity index (χ1v) is 8.37. The number of rotatable bonds is 7. The zero-order valence-corrected chi connectivity index (χ0v) is 14.6. The van der Waals surface area contributed by atoms with Gasteiger partial charge in [-0.3, -0.25) is 9.59 Å². The van der Waals surface area contributed by atoms with Crippen molar-refractivity contribution in [1.82, 2.24) is 4.90 Å². The minimum atomic E-state index is -0.204. The van der Waals surface area contributed by atoms with E-state index in [1.807, 2.05) is 25.1 Å². The van der Waals surface area contributed by atoms with Gasteiger partial charge in [0.05, 0.1) is 12.3 Å². The first-order chi connectivity index (χ1) is 9.93. The van der Waals surface area contributed by atoms with Crippen molar-refractivity contribution >= 4 is 45.2 Å². The van der Waals surface area contributed by atoms with Crippen LogP contribution in [-0.4, -0.2) is 41.8 Å². The summed E-state index contributed by atoms with van der Waals surface area (Å²) in [6, 6.07) is 5.62. The fourth-order valence-corrected chi connectivity index (χ4v) is 2.76. The van der Waals surface area contributed by atoms with Crippen molar-refractivity contribution in [3.63, 3.8) is 0 Å². The van der Waals surface area contributed by atoms with Gasteiger partial charge >= 0.3 is 0 Å². The number of anilines is 1. The van der Waals surface area contributed by atoms with Gasteiger partial charge in [-0.25, -0.2) is 0 Å².